The molecule has 2 N–H and O–H groups in total. The van der Waals surface area contributed by atoms with E-state index in [1.807, 2.05) is 30.3 Å². The molecule has 0 atom stereocenters. The lowest BCUT2D eigenvalue weighted by Gasteiger charge is -2.25. The summed E-state index contributed by atoms with van der Waals surface area (Å²) in [7, 11) is 0. The summed E-state index contributed by atoms with van der Waals surface area (Å²) in [5, 5.41) is 20.4. The molecule has 1 saturated heterocycles. The molecular formula is C17H18N6. The zero-order chi connectivity index (χ0) is 16.1. The molecule has 1 aliphatic heterocycles. The van der Waals surface area contributed by atoms with E-state index in [-0.39, 0.29) is 5.57 Å². The van der Waals surface area contributed by atoms with E-state index in [2.05, 4.69) is 20.2 Å². The van der Waals surface area contributed by atoms with E-state index in [1.54, 1.807) is 0 Å². The number of nitriles is 2. The van der Waals surface area contributed by atoms with Gasteiger partial charge in [0, 0.05) is 11.9 Å². The van der Waals surface area contributed by atoms with E-state index in [1.165, 1.54) is 25.5 Å². The van der Waals surface area contributed by atoms with Gasteiger partial charge in [0.15, 0.2) is 0 Å². The van der Waals surface area contributed by atoms with Gasteiger partial charge in [-0.3, -0.25) is 4.90 Å². The minimum absolute atomic E-state index is 0.0421. The van der Waals surface area contributed by atoms with Crippen molar-refractivity contribution in [1.82, 2.24) is 14.9 Å². The number of rotatable bonds is 4. The molecule has 0 amide bonds. The Morgan fingerprint density at radius 3 is 2.78 bits per heavy atom. The Labute approximate surface area is 135 Å². The molecule has 1 aromatic carbocycles. The number of likely N-dealkylation sites (tertiary alicyclic amines) is 1. The van der Waals surface area contributed by atoms with Gasteiger partial charge in [0.1, 0.15) is 23.5 Å². The van der Waals surface area contributed by atoms with Crippen molar-refractivity contribution in [2.75, 3.05) is 18.4 Å². The number of fused-ring (bicyclic) bond motifs is 1. The van der Waals surface area contributed by atoms with Crippen LogP contribution in [0.4, 0.5) is 5.69 Å². The van der Waals surface area contributed by atoms with Crippen LogP contribution in [0.5, 0.6) is 0 Å². The average Bonchev–Trinajstić information content (AvgIpc) is 2.98. The monoisotopic (exact) mass is 306 g/mol. The number of nitrogens with zero attached hydrogens (tertiary/aromatic N) is 4. The summed E-state index contributed by atoms with van der Waals surface area (Å²) in [6.45, 7) is 3.13. The third-order valence-electron chi connectivity index (χ3n) is 3.98. The quantitative estimate of drug-likeness (QED) is 0.847. The Kier molecular flexibility index (Phi) is 4.56. The second-order valence-corrected chi connectivity index (χ2v) is 5.68. The zero-order valence-electron chi connectivity index (χ0n) is 12.8. The SMILES string of the molecule is N#CC(C#N)=CNc1ccc2nc(CN3CCCCC3)[nH]c2c1. The summed E-state index contributed by atoms with van der Waals surface area (Å²) >= 11 is 0. The highest BCUT2D eigenvalue weighted by atomic mass is 15.1. The highest BCUT2D eigenvalue weighted by Gasteiger charge is 2.12. The molecule has 2 aromatic rings. The fraction of sp³-hybridized carbons (Fsp3) is 0.353. The molecule has 0 saturated carbocycles. The average molecular weight is 306 g/mol. The van der Waals surface area contributed by atoms with Crippen LogP contribution in [0.3, 0.4) is 0 Å². The van der Waals surface area contributed by atoms with Crippen molar-refractivity contribution in [1.29, 1.82) is 10.5 Å². The first kappa shape index (κ1) is 15.1. The molecule has 23 heavy (non-hydrogen) atoms. The standard InChI is InChI=1S/C17H18N6/c18-9-13(10-19)11-20-14-4-5-15-16(8-14)22-17(21-15)12-23-6-2-1-3-7-23/h4-5,8,11,20H,1-3,6-7,12H2,(H,21,22). The van der Waals surface area contributed by atoms with Crippen LogP contribution in [0.1, 0.15) is 25.1 Å². The van der Waals surface area contributed by atoms with Crippen molar-refractivity contribution in [3.05, 3.63) is 35.8 Å². The fourth-order valence-electron chi connectivity index (χ4n) is 2.80. The van der Waals surface area contributed by atoms with Crippen molar-refractivity contribution in [3.8, 4) is 12.1 Å². The van der Waals surface area contributed by atoms with Crippen molar-refractivity contribution in [2.24, 2.45) is 0 Å². The molecule has 1 aliphatic rings. The van der Waals surface area contributed by atoms with Gasteiger partial charge in [0.2, 0.25) is 0 Å². The number of anilines is 1. The second kappa shape index (κ2) is 6.95. The van der Waals surface area contributed by atoms with Crippen LogP contribution in [0.25, 0.3) is 11.0 Å². The van der Waals surface area contributed by atoms with Gasteiger partial charge in [-0.2, -0.15) is 10.5 Å². The predicted molar refractivity (Wildman–Crippen MR) is 88.2 cm³/mol. The molecule has 116 valence electrons. The normalized spacial score (nSPS) is 14.9. The maximum Gasteiger partial charge on any atom is 0.145 e. The first-order valence-corrected chi connectivity index (χ1v) is 7.76. The summed E-state index contributed by atoms with van der Waals surface area (Å²) < 4.78 is 0. The topological polar surface area (TPSA) is 91.5 Å². The van der Waals surface area contributed by atoms with E-state index < -0.39 is 0 Å². The Hall–Kier alpha value is -2.83. The van der Waals surface area contributed by atoms with Crippen LogP contribution in [-0.2, 0) is 6.54 Å². The number of imidazole rings is 1. The lowest BCUT2D eigenvalue weighted by atomic mass is 10.1. The smallest absolute Gasteiger partial charge is 0.145 e. The number of H-pyrrole nitrogens is 1. The van der Waals surface area contributed by atoms with Gasteiger partial charge in [-0.25, -0.2) is 4.98 Å². The molecule has 1 aromatic heterocycles. The van der Waals surface area contributed by atoms with Crippen LogP contribution in [-0.4, -0.2) is 28.0 Å². The summed E-state index contributed by atoms with van der Waals surface area (Å²) in [6, 6.07) is 9.39. The summed E-state index contributed by atoms with van der Waals surface area (Å²) in [5.74, 6) is 0.976. The van der Waals surface area contributed by atoms with Crippen LogP contribution in [0, 0.1) is 22.7 Å². The molecule has 0 bridgehead atoms. The van der Waals surface area contributed by atoms with E-state index in [0.717, 1.165) is 42.2 Å². The summed E-state index contributed by atoms with van der Waals surface area (Å²) in [5.41, 5.74) is 2.73. The van der Waals surface area contributed by atoms with Crippen LogP contribution in [0.15, 0.2) is 30.0 Å². The van der Waals surface area contributed by atoms with Gasteiger partial charge >= 0.3 is 0 Å². The number of aromatic amines is 1. The molecule has 0 radical (unpaired) electrons. The van der Waals surface area contributed by atoms with Gasteiger partial charge in [0.25, 0.3) is 0 Å². The Bertz CT molecular complexity index is 783. The van der Waals surface area contributed by atoms with E-state index in [0.29, 0.717) is 0 Å². The number of hydrogen-bond acceptors (Lipinski definition) is 5. The first-order chi connectivity index (χ1) is 11.3. The van der Waals surface area contributed by atoms with Crippen molar-refractivity contribution in [3.63, 3.8) is 0 Å². The Morgan fingerprint density at radius 1 is 1.26 bits per heavy atom. The van der Waals surface area contributed by atoms with Gasteiger partial charge in [-0.05, 0) is 44.1 Å². The van der Waals surface area contributed by atoms with Gasteiger partial charge < -0.3 is 10.3 Å². The minimum Gasteiger partial charge on any atom is -0.360 e. The van der Waals surface area contributed by atoms with Gasteiger partial charge in [0.05, 0.1) is 17.6 Å². The number of hydrogen-bond donors (Lipinski definition) is 2. The molecule has 0 unspecified atom stereocenters. The van der Waals surface area contributed by atoms with Gasteiger partial charge in [-0.1, -0.05) is 6.42 Å². The van der Waals surface area contributed by atoms with E-state index in [4.69, 9.17) is 10.5 Å². The molecule has 2 heterocycles. The summed E-state index contributed by atoms with van der Waals surface area (Å²) in [6.07, 6.45) is 5.26. The molecule has 0 aliphatic carbocycles. The van der Waals surface area contributed by atoms with Crippen LogP contribution < -0.4 is 5.32 Å². The van der Waals surface area contributed by atoms with Gasteiger partial charge in [-0.15, -0.1) is 0 Å². The molecule has 0 spiro atoms. The zero-order valence-corrected chi connectivity index (χ0v) is 12.8. The molecule has 1 fully saturated rings. The highest BCUT2D eigenvalue weighted by Crippen LogP contribution is 2.19. The molecular weight excluding hydrogens is 288 g/mol. The Morgan fingerprint density at radius 2 is 2.04 bits per heavy atom. The number of aromatic nitrogens is 2. The maximum absolute atomic E-state index is 8.73. The fourth-order valence-corrected chi connectivity index (χ4v) is 2.80. The number of allylic oxidation sites excluding steroid dienone is 1. The Balaban J connectivity index is 1.74. The van der Waals surface area contributed by atoms with E-state index in [9.17, 15) is 0 Å². The van der Waals surface area contributed by atoms with Crippen molar-refractivity contribution >= 4 is 16.7 Å². The predicted octanol–water partition coefficient (Wildman–Crippen LogP) is 2.89. The molecule has 6 nitrogen and oxygen atoms in total. The number of piperidine rings is 1. The largest absolute Gasteiger partial charge is 0.360 e. The highest BCUT2D eigenvalue weighted by molar-refractivity contribution is 5.79. The third kappa shape index (κ3) is 3.68. The van der Waals surface area contributed by atoms with Crippen molar-refractivity contribution < 1.29 is 0 Å². The van der Waals surface area contributed by atoms with Crippen LogP contribution in [0.2, 0.25) is 0 Å². The summed E-state index contributed by atoms with van der Waals surface area (Å²) in [4.78, 5) is 10.4. The van der Waals surface area contributed by atoms with Crippen LogP contribution >= 0.6 is 0 Å². The maximum atomic E-state index is 8.73. The minimum atomic E-state index is 0.0421. The number of benzene rings is 1. The van der Waals surface area contributed by atoms with Crippen molar-refractivity contribution in [2.45, 2.75) is 25.8 Å². The van der Waals surface area contributed by atoms with E-state index >= 15 is 0 Å². The second-order valence-electron chi connectivity index (χ2n) is 5.68. The third-order valence-corrected chi connectivity index (χ3v) is 3.98. The molecule has 3 rings (SSSR count). The molecule has 6 heteroatoms. The number of nitrogens with one attached hydrogen (secondary N) is 2. The first-order valence-electron chi connectivity index (χ1n) is 7.76. The lowest BCUT2D eigenvalue weighted by Crippen LogP contribution is -2.29. The lowest BCUT2D eigenvalue weighted by molar-refractivity contribution is 0.216.